The lowest BCUT2D eigenvalue weighted by Crippen LogP contribution is -2.50. The predicted molar refractivity (Wildman–Crippen MR) is 75.4 cm³/mol. The summed E-state index contributed by atoms with van der Waals surface area (Å²) in [6.07, 6.45) is 7.78. The van der Waals surface area contributed by atoms with Crippen LogP contribution in [0.4, 0.5) is 4.39 Å². The molecular formula is C14H20FN3O. The first-order chi connectivity index (χ1) is 8.95. The van der Waals surface area contributed by atoms with Gasteiger partial charge in [-0.25, -0.2) is 4.39 Å². The van der Waals surface area contributed by atoms with Crippen LogP contribution in [0.25, 0.3) is 0 Å². The third-order valence-electron chi connectivity index (χ3n) is 3.38. The number of rotatable bonds is 6. The lowest BCUT2D eigenvalue weighted by atomic mass is 9.83. The third-order valence-corrected chi connectivity index (χ3v) is 3.38. The van der Waals surface area contributed by atoms with Gasteiger partial charge < -0.3 is 10.6 Å². The number of nitrogens with zero attached hydrogens (tertiary/aromatic N) is 2. The van der Waals surface area contributed by atoms with Gasteiger partial charge in [0.05, 0.1) is 13.0 Å². The van der Waals surface area contributed by atoms with Gasteiger partial charge in [0, 0.05) is 13.0 Å². The second kappa shape index (κ2) is 6.43. The highest BCUT2D eigenvalue weighted by atomic mass is 19.1. The van der Waals surface area contributed by atoms with Crippen LogP contribution in [0.5, 0.6) is 0 Å². The average molecular weight is 265 g/mol. The van der Waals surface area contributed by atoms with Crippen LogP contribution in [0.2, 0.25) is 0 Å². The van der Waals surface area contributed by atoms with E-state index in [1.165, 1.54) is 18.5 Å². The molecule has 0 aliphatic heterocycles. The Balaban J connectivity index is 2.90. The van der Waals surface area contributed by atoms with Crippen LogP contribution in [-0.2, 0) is 4.79 Å². The van der Waals surface area contributed by atoms with Crippen LogP contribution in [0.3, 0.4) is 0 Å². The van der Waals surface area contributed by atoms with Gasteiger partial charge in [0.2, 0.25) is 0 Å². The number of halogens is 1. The Morgan fingerprint density at radius 3 is 2.95 bits per heavy atom. The zero-order valence-electron chi connectivity index (χ0n) is 11.3. The second-order valence-corrected chi connectivity index (χ2v) is 4.60. The molecule has 0 fully saturated rings. The van der Waals surface area contributed by atoms with Crippen LogP contribution >= 0.6 is 0 Å². The normalized spacial score (nSPS) is 21.9. The van der Waals surface area contributed by atoms with Crippen LogP contribution in [-0.4, -0.2) is 36.3 Å². The van der Waals surface area contributed by atoms with E-state index in [4.69, 9.17) is 5.73 Å². The summed E-state index contributed by atoms with van der Waals surface area (Å²) in [7, 11) is 1.74. The number of hydrogen-bond acceptors (Lipinski definition) is 3. The minimum atomic E-state index is -0.894. The number of aliphatic imine (C=N–C) groups is 1. The van der Waals surface area contributed by atoms with Crippen molar-refractivity contribution in [3.63, 3.8) is 0 Å². The minimum absolute atomic E-state index is 0.0477. The molecule has 1 aliphatic carbocycles. The first kappa shape index (κ1) is 15.3. The highest BCUT2D eigenvalue weighted by Gasteiger charge is 2.37. The van der Waals surface area contributed by atoms with Gasteiger partial charge in [-0.2, -0.15) is 0 Å². The topological polar surface area (TPSA) is 58.7 Å². The second-order valence-electron chi connectivity index (χ2n) is 4.60. The van der Waals surface area contributed by atoms with Crippen molar-refractivity contribution < 1.29 is 9.18 Å². The van der Waals surface area contributed by atoms with Crippen molar-refractivity contribution in [3.05, 3.63) is 36.7 Å². The molecule has 5 heteroatoms. The van der Waals surface area contributed by atoms with Gasteiger partial charge in [0.1, 0.15) is 11.4 Å². The molecule has 2 N–H and O–H groups in total. The fourth-order valence-corrected chi connectivity index (χ4v) is 1.87. The molecule has 0 aromatic rings. The van der Waals surface area contributed by atoms with Crippen molar-refractivity contribution in [2.24, 2.45) is 16.6 Å². The quantitative estimate of drug-likeness (QED) is 0.452. The monoisotopic (exact) mass is 265 g/mol. The van der Waals surface area contributed by atoms with E-state index >= 15 is 0 Å². The number of allylic oxidation sites excluding steroid dienone is 4. The van der Waals surface area contributed by atoms with Gasteiger partial charge in [-0.15, -0.1) is 6.58 Å². The number of Topliss-reactive ketones (excluding diaryl/α,β-unsaturated/α-hetero) is 1. The molecule has 0 saturated carbocycles. The van der Waals surface area contributed by atoms with Crippen LogP contribution in [0.15, 0.2) is 41.7 Å². The smallest absolute Gasteiger partial charge is 0.169 e. The highest BCUT2D eigenvalue weighted by molar-refractivity contribution is 5.95. The number of hydrogen-bond donors (Lipinski definition) is 1. The Morgan fingerprint density at radius 1 is 1.79 bits per heavy atom. The lowest BCUT2D eigenvalue weighted by Gasteiger charge is -2.35. The molecule has 0 amide bonds. The van der Waals surface area contributed by atoms with Crippen molar-refractivity contribution in [1.29, 1.82) is 0 Å². The molecule has 2 atom stereocenters. The summed E-state index contributed by atoms with van der Waals surface area (Å²) >= 11 is 0. The number of carbonyl (C=O) groups excluding carboxylic acids is 1. The van der Waals surface area contributed by atoms with E-state index in [2.05, 4.69) is 11.6 Å². The van der Waals surface area contributed by atoms with E-state index in [0.29, 0.717) is 6.42 Å². The fourth-order valence-electron chi connectivity index (χ4n) is 1.87. The van der Waals surface area contributed by atoms with E-state index in [9.17, 15) is 9.18 Å². The van der Waals surface area contributed by atoms with Crippen molar-refractivity contribution in [1.82, 2.24) is 4.90 Å². The molecular weight excluding hydrogens is 245 g/mol. The first-order valence-corrected chi connectivity index (χ1v) is 6.10. The Morgan fingerprint density at radius 2 is 2.47 bits per heavy atom. The summed E-state index contributed by atoms with van der Waals surface area (Å²) < 4.78 is 12.9. The Bertz CT molecular complexity index is 442. The standard InChI is InChI=1S/C14H20FN3O/c1-4-14(2,18(3)10-17-9-16)13(19)11-5-7-12(15)8-6-11/h4-5,7-8,10-11H,1,6,9,16H2,2-3H3. The maximum absolute atomic E-state index is 12.9. The van der Waals surface area contributed by atoms with Gasteiger partial charge in [-0.05, 0) is 25.5 Å². The van der Waals surface area contributed by atoms with Crippen molar-refractivity contribution in [3.8, 4) is 0 Å². The fraction of sp³-hybridized carbons (Fsp3) is 0.429. The zero-order valence-corrected chi connectivity index (χ0v) is 11.3. The number of carbonyl (C=O) groups is 1. The Hall–Kier alpha value is -1.75. The van der Waals surface area contributed by atoms with Gasteiger partial charge in [-0.3, -0.25) is 9.79 Å². The predicted octanol–water partition coefficient (Wildman–Crippen LogP) is 1.81. The van der Waals surface area contributed by atoms with E-state index in [1.54, 1.807) is 31.0 Å². The minimum Gasteiger partial charge on any atom is -0.350 e. The van der Waals surface area contributed by atoms with E-state index < -0.39 is 5.54 Å². The van der Waals surface area contributed by atoms with Crippen molar-refractivity contribution in [2.45, 2.75) is 18.9 Å². The molecule has 0 heterocycles. The van der Waals surface area contributed by atoms with Gasteiger partial charge in [0.25, 0.3) is 0 Å². The molecule has 2 unspecified atom stereocenters. The molecule has 104 valence electrons. The molecule has 0 aromatic heterocycles. The maximum atomic E-state index is 12.9. The summed E-state index contributed by atoms with van der Waals surface area (Å²) in [6, 6.07) is 0. The maximum Gasteiger partial charge on any atom is 0.169 e. The van der Waals surface area contributed by atoms with Crippen molar-refractivity contribution in [2.75, 3.05) is 13.7 Å². The summed E-state index contributed by atoms with van der Waals surface area (Å²) in [6.45, 7) is 5.64. The van der Waals surface area contributed by atoms with Crippen molar-refractivity contribution >= 4 is 12.1 Å². The van der Waals surface area contributed by atoms with E-state index in [-0.39, 0.29) is 24.2 Å². The lowest BCUT2D eigenvalue weighted by molar-refractivity contribution is -0.127. The van der Waals surface area contributed by atoms with E-state index in [1.807, 2.05) is 0 Å². The Kier molecular flexibility index (Phi) is 5.18. The molecule has 19 heavy (non-hydrogen) atoms. The van der Waals surface area contributed by atoms with Crippen LogP contribution in [0, 0.1) is 5.92 Å². The largest absolute Gasteiger partial charge is 0.350 e. The van der Waals surface area contributed by atoms with Crippen LogP contribution < -0.4 is 5.73 Å². The van der Waals surface area contributed by atoms with E-state index in [0.717, 1.165) is 0 Å². The van der Waals surface area contributed by atoms with Gasteiger partial charge in [-0.1, -0.05) is 12.2 Å². The first-order valence-electron chi connectivity index (χ1n) is 6.10. The molecule has 1 aliphatic rings. The third kappa shape index (κ3) is 3.38. The zero-order chi connectivity index (χ0) is 14.5. The Labute approximate surface area is 113 Å². The van der Waals surface area contributed by atoms with Gasteiger partial charge in [0.15, 0.2) is 5.78 Å². The molecule has 0 saturated heterocycles. The SMILES string of the molecule is C=CC(C)(C(=O)C1C=CC(F)=CC1)N(C)C=NCN. The number of nitrogens with two attached hydrogens (primary N) is 1. The molecule has 0 radical (unpaired) electrons. The average Bonchev–Trinajstić information content (AvgIpc) is 2.43. The molecule has 1 rings (SSSR count). The molecule has 0 aromatic carbocycles. The molecule has 0 bridgehead atoms. The van der Waals surface area contributed by atoms with Crippen LogP contribution in [0.1, 0.15) is 13.3 Å². The summed E-state index contributed by atoms with van der Waals surface area (Å²) in [5, 5.41) is 0. The summed E-state index contributed by atoms with van der Waals surface area (Å²) in [4.78, 5) is 18.1. The number of ketones is 1. The molecule has 0 spiro atoms. The number of likely N-dealkylation sites (N-methyl/N-ethyl adjacent to an activating group) is 1. The highest BCUT2D eigenvalue weighted by Crippen LogP contribution is 2.26. The van der Waals surface area contributed by atoms with Gasteiger partial charge >= 0.3 is 0 Å². The molecule has 4 nitrogen and oxygen atoms in total. The summed E-state index contributed by atoms with van der Waals surface area (Å²) in [5.41, 5.74) is 4.41. The summed E-state index contributed by atoms with van der Waals surface area (Å²) in [5.74, 6) is -0.702.